The summed E-state index contributed by atoms with van der Waals surface area (Å²) in [4.78, 5) is 11.0. The molecule has 0 rings (SSSR count). The first-order chi connectivity index (χ1) is 5.66. The van der Waals surface area contributed by atoms with Gasteiger partial charge in [-0.1, -0.05) is 13.3 Å². The highest BCUT2D eigenvalue weighted by molar-refractivity contribution is 5.75. The van der Waals surface area contributed by atoms with E-state index in [9.17, 15) is 4.79 Å². The van der Waals surface area contributed by atoms with E-state index >= 15 is 0 Å². The second-order valence-electron chi connectivity index (χ2n) is 3.09. The quantitative estimate of drug-likeness (QED) is 0.590. The van der Waals surface area contributed by atoms with Gasteiger partial charge in [-0.15, -0.1) is 0 Å². The number of aliphatic hydroxyl groups excluding tert-OH is 1. The molecule has 1 amide bonds. The van der Waals surface area contributed by atoms with Crippen LogP contribution in [0.3, 0.4) is 0 Å². The van der Waals surface area contributed by atoms with Crippen molar-refractivity contribution in [2.24, 2.45) is 0 Å². The largest absolute Gasteiger partial charge is 0.393 e. The van der Waals surface area contributed by atoms with Gasteiger partial charge in [0.1, 0.15) is 0 Å². The van der Waals surface area contributed by atoms with E-state index in [4.69, 9.17) is 5.11 Å². The van der Waals surface area contributed by atoms with E-state index in [1.165, 1.54) is 0 Å². The lowest BCUT2D eigenvalue weighted by Crippen LogP contribution is -2.24. The molecule has 0 aliphatic rings. The second kappa shape index (κ2) is 7.10. The van der Waals surface area contributed by atoms with Crippen LogP contribution in [0.2, 0.25) is 0 Å². The molecule has 0 radical (unpaired) electrons. The summed E-state index contributed by atoms with van der Waals surface area (Å²) in [5.74, 6) is 0.0457. The van der Waals surface area contributed by atoms with Gasteiger partial charge >= 0.3 is 0 Å². The summed E-state index contributed by atoms with van der Waals surface area (Å²) in [7, 11) is 0. The fourth-order valence-corrected chi connectivity index (χ4v) is 0.833. The highest BCUT2D eigenvalue weighted by atomic mass is 16.3. The Morgan fingerprint density at radius 2 is 2.25 bits per heavy atom. The third kappa shape index (κ3) is 7.54. The Kier molecular flexibility index (Phi) is 6.76. The topological polar surface area (TPSA) is 49.3 Å². The minimum Gasteiger partial charge on any atom is -0.393 e. The Morgan fingerprint density at radius 3 is 2.75 bits per heavy atom. The van der Waals surface area contributed by atoms with Gasteiger partial charge in [0.25, 0.3) is 0 Å². The van der Waals surface area contributed by atoms with Crippen LogP contribution >= 0.6 is 0 Å². The van der Waals surface area contributed by atoms with Gasteiger partial charge in [-0.05, 0) is 19.8 Å². The maximum Gasteiger partial charge on any atom is 0.220 e. The van der Waals surface area contributed by atoms with Gasteiger partial charge < -0.3 is 10.4 Å². The fourth-order valence-electron chi connectivity index (χ4n) is 0.833. The van der Waals surface area contributed by atoms with Gasteiger partial charge in [0, 0.05) is 13.0 Å². The normalized spacial score (nSPS) is 12.6. The van der Waals surface area contributed by atoms with Gasteiger partial charge in [0.05, 0.1) is 6.10 Å². The average molecular weight is 173 g/mol. The molecule has 3 nitrogen and oxygen atoms in total. The first-order valence-electron chi connectivity index (χ1n) is 4.61. The van der Waals surface area contributed by atoms with Crippen LogP contribution in [-0.4, -0.2) is 23.7 Å². The first-order valence-corrected chi connectivity index (χ1v) is 4.61. The van der Waals surface area contributed by atoms with Crippen LogP contribution in [0.25, 0.3) is 0 Å². The number of nitrogens with one attached hydrogen (secondary N) is 1. The molecule has 0 aliphatic heterocycles. The Hall–Kier alpha value is -0.570. The van der Waals surface area contributed by atoms with Crippen LogP contribution in [0.1, 0.15) is 39.5 Å². The van der Waals surface area contributed by atoms with Gasteiger partial charge in [-0.25, -0.2) is 0 Å². The summed E-state index contributed by atoms with van der Waals surface area (Å²) < 4.78 is 0. The van der Waals surface area contributed by atoms with E-state index < -0.39 is 0 Å². The van der Waals surface area contributed by atoms with E-state index in [0.717, 1.165) is 19.4 Å². The van der Waals surface area contributed by atoms with Crippen molar-refractivity contribution in [1.82, 2.24) is 5.32 Å². The molecule has 0 heterocycles. The van der Waals surface area contributed by atoms with Gasteiger partial charge in [0.2, 0.25) is 5.91 Å². The van der Waals surface area contributed by atoms with Crippen molar-refractivity contribution < 1.29 is 9.90 Å². The molecule has 0 saturated carbocycles. The molecule has 3 heteroatoms. The monoisotopic (exact) mass is 173 g/mol. The zero-order valence-electron chi connectivity index (χ0n) is 7.97. The van der Waals surface area contributed by atoms with E-state index in [1.807, 2.05) is 0 Å². The smallest absolute Gasteiger partial charge is 0.220 e. The Balaban J connectivity index is 3.22. The molecule has 0 saturated heterocycles. The summed E-state index contributed by atoms with van der Waals surface area (Å²) >= 11 is 0. The molecule has 1 unspecified atom stereocenters. The molecule has 2 N–H and O–H groups in total. The van der Waals surface area contributed by atoms with Gasteiger partial charge in [-0.2, -0.15) is 0 Å². The Bertz CT molecular complexity index is 124. The third-order valence-electron chi connectivity index (χ3n) is 1.64. The van der Waals surface area contributed by atoms with Gasteiger partial charge in [0.15, 0.2) is 0 Å². The van der Waals surface area contributed by atoms with Crippen LogP contribution < -0.4 is 5.32 Å². The lowest BCUT2D eigenvalue weighted by molar-refractivity contribution is -0.121. The summed E-state index contributed by atoms with van der Waals surface area (Å²) in [5.41, 5.74) is 0. The number of carbonyl (C=O) groups is 1. The number of unbranched alkanes of at least 4 members (excludes halogenated alkanes) is 1. The van der Waals surface area contributed by atoms with Crippen LogP contribution in [0.5, 0.6) is 0 Å². The number of aliphatic hydroxyl groups is 1. The average Bonchev–Trinajstić information content (AvgIpc) is 2.01. The molecule has 1 atom stereocenters. The van der Waals surface area contributed by atoms with Crippen LogP contribution in [0, 0.1) is 0 Å². The van der Waals surface area contributed by atoms with Crippen LogP contribution in [0.4, 0.5) is 0 Å². The minimum absolute atomic E-state index is 0.0457. The van der Waals surface area contributed by atoms with Crippen molar-refractivity contribution in [1.29, 1.82) is 0 Å². The lowest BCUT2D eigenvalue weighted by Gasteiger charge is -2.05. The SMILES string of the molecule is CCCCNC(=O)CCC(C)O. The number of amides is 1. The van der Waals surface area contributed by atoms with E-state index in [1.54, 1.807) is 6.92 Å². The molecule has 0 fully saturated rings. The maximum atomic E-state index is 11.0. The summed E-state index contributed by atoms with van der Waals surface area (Å²) in [6, 6.07) is 0. The number of rotatable bonds is 6. The van der Waals surface area contributed by atoms with Crippen molar-refractivity contribution in [3.63, 3.8) is 0 Å². The Morgan fingerprint density at radius 1 is 1.58 bits per heavy atom. The van der Waals surface area contributed by atoms with E-state index in [-0.39, 0.29) is 12.0 Å². The van der Waals surface area contributed by atoms with Crippen molar-refractivity contribution in [3.8, 4) is 0 Å². The summed E-state index contributed by atoms with van der Waals surface area (Å²) in [6.45, 7) is 4.54. The van der Waals surface area contributed by atoms with Crippen LogP contribution in [-0.2, 0) is 4.79 Å². The summed E-state index contributed by atoms with van der Waals surface area (Å²) in [5, 5.41) is 11.7. The Labute approximate surface area is 74.2 Å². The zero-order valence-corrected chi connectivity index (χ0v) is 7.97. The molecule has 0 bridgehead atoms. The zero-order chi connectivity index (χ0) is 9.40. The number of hydrogen-bond acceptors (Lipinski definition) is 2. The molecule has 0 aliphatic carbocycles. The first kappa shape index (κ1) is 11.4. The van der Waals surface area contributed by atoms with Gasteiger partial charge in [-0.3, -0.25) is 4.79 Å². The number of carbonyl (C=O) groups excluding carboxylic acids is 1. The molecule has 0 spiro atoms. The molecule has 0 aromatic carbocycles. The van der Waals surface area contributed by atoms with Crippen LogP contribution in [0.15, 0.2) is 0 Å². The van der Waals surface area contributed by atoms with Crippen molar-refractivity contribution >= 4 is 5.91 Å². The maximum absolute atomic E-state index is 11.0. The van der Waals surface area contributed by atoms with E-state index in [0.29, 0.717) is 12.8 Å². The molecule has 12 heavy (non-hydrogen) atoms. The molecular formula is C9H19NO2. The number of hydrogen-bond donors (Lipinski definition) is 2. The fraction of sp³-hybridized carbons (Fsp3) is 0.889. The molecule has 72 valence electrons. The highest BCUT2D eigenvalue weighted by Gasteiger charge is 2.02. The predicted molar refractivity (Wildman–Crippen MR) is 48.8 cm³/mol. The standard InChI is InChI=1S/C9H19NO2/c1-3-4-7-10-9(12)6-5-8(2)11/h8,11H,3-7H2,1-2H3,(H,10,12). The second-order valence-corrected chi connectivity index (χ2v) is 3.09. The van der Waals surface area contributed by atoms with E-state index in [2.05, 4.69) is 12.2 Å². The molecule has 0 aromatic heterocycles. The minimum atomic E-state index is -0.373. The third-order valence-corrected chi connectivity index (χ3v) is 1.64. The highest BCUT2D eigenvalue weighted by Crippen LogP contribution is 1.95. The van der Waals surface area contributed by atoms with Crippen molar-refractivity contribution in [2.75, 3.05) is 6.54 Å². The lowest BCUT2D eigenvalue weighted by atomic mass is 10.2. The predicted octanol–water partition coefficient (Wildman–Crippen LogP) is 1.06. The summed E-state index contributed by atoms with van der Waals surface area (Å²) in [6.07, 6.45) is 2.73. The van der Waals surface area contributed by atoms with Crippen molar-refractivity contribution in [2.45, 2.75) is 45.6 Å². The molecular weight excluding hydrogens is 154 g/mol. The van der Waals surface area contributed by atoms with Crippen molar-refractivity contribution in [3.05, 3.63) is 0 Å². The molecule has 0 aromatic rings.